The molecule has 1 atom stereocenters. The number of carbonyl (C=O) groups excluding carboxylic acids is 1. The van der Waals surface area contributed by atoms with Crippen LogP contribution in [0.15, 0.2) is 24.3 Å². The van der Waals surface area contributed by atoms with E-state index in [1.807, 2.05) is 32.0 Å². The van der Waals surface area contributed by atoms with Gasteiger partial charge in [-0.2, -0.15) is 0 Å². The second-order valence-electron chi connectivity index (χ2n) is 4.37. The molecular weight excluding hydrogens is 212 g/mol. The maximum atomic E-state index is 11.7. The summed E-state index contributed by atoms with van der Waals surface area (Å²) in [5, 5.41) is 6.18. The van der Waals surface area contributed by atoms with E-state index in [1.54, 1.807) is 0 Å². The molecule has 0 bridgehead atoms. The summed E-state index contributed by atoms with van der Waals surface area (Å²) in [5.41, 5.74) is 2.39. The van der Waals surface area contributed by atoms with E-state index in [0.29, 0.717) is 13.0 Å². The lowest BCUT2D eigenvalue weighted by molar-refractivity contribution is -0.121. The number of rotatable bonds is 6. The summed E-state index contributed by atoms with van der Waals surface area (Å²) < 4.78 is 0. The van der Waals surface area contributed by atoms with Crippen molar-refractivity contribution in [3.05, 3.63) is 35.4 Å². The molecule has 0 saturated heterocycles. The fourth-order valence-electron chi connectivity index (χ4n) is 1.77. The van der Waals surface area contributed by atoms with Crippen LogP contribution in [0.2, 0.25) is 0 Å². The van der Waals surface area contributed by atoms with Gasteiger partial charge in [-0.15, -0.1) is 0 Å². The maximum Gasteiger partial charge on any atom is 0.221 e. The fourth-order valence-corrected chi connectivity index (χ4v) is 1.77. The molecule has 1 aromatic rings. The molecule has 3 nitrogen and oxygen atoms in total. The van der Waals surface area contributed by atoms with Crippen LogP contribution in [0, 0.1) is 6.92 Å². The standard InChI is InChI=1S/C14H22N2O/c1-4-15-12(3)9-14(17)16-10-13-8-6-5-7-11(13)2/h5-8,12,15H,4,9-10H2,1-3H3,(H,16,17). The van der Waals surface area contributed by atoms with Gasteiger partial charge in [-0.1, -0.05) is 31.2 Å². The summed E-state index contributed by atoms with van der Waals surface area (Å²) in [6.07, 6.45) is 0.528. The lowest BCUT2D eigenvalue weighted by Crippen LogP contribution is -2.33. The Kier molecular flexibility index (Phi) is 5.70. The first kappa shape index (κ1) is 13.7. The zero-order valence-electron chi connectivity index (χ0n) is 10.9. The molecular formula is C14H22N2O. The number of nitrogens with one attached hydrogen (secondary N) is 2. The molecule has 0 spiro atoms. The molecule has 1 aromatic carbocycles. The van der Waals surface area contributed by atoms with Gasteiger partial charge in [0.15, 0.2) is 0 Å². The van der Waals surface area contributed by atoms with Crippen LogP contribution in [0.25, 0.3) is 0 Å². The number of hydrogen-bond donors (Lipinski definition) is 2. The molecule has 0 aliphatic heterocycles. The highest BCUT2D eigenvalue weighted by molar-refractivity contribution is 5.76. The Morgan fingerprint density at radius 3 is 2.71 bits per heavy atom. The number of carbonyl (C=O) groups is 1. The third-order valence-corrected chi connectivity index (χ3v) is 2.78. The topological polar surface area (TPSA) is 41.1 Å². The highest BCUT2D eigenvalue weighted by atomic mass is 16.1. The zero-order chi connectivity index (χ0) is 12.7. The van der Waals surface area contributed by atoms with Crippen LogP contribution in [-0.2, 0) is 11.3 Å². The molecule has 17 heavy (non-hydrogen) atoms. The lowest BCUT2D eigenvalue weighted by Gasteiger charge is -2.12. The van der Waals surface area contributed by atoms with Gasteiger partial charge in [-0.05, 0) is 31.5 Å². The van der Waals surface area contributed by atoms with Crippen LogP contribution in [-0.4, -0.2) is 18.5 Å². The van der Waals surface area contributed by atoms with E-state index in [4.69, 9.17) is 0 Å². The SMILES string of the molecule is CCNC(C)CC(=O)NCc1ccccc1C. The van der Waals surface area contributed by atoms with E-state index in [0.717, 1.165) is 6.54 Å². The van der Waals surface area contributed by atoms with Crippen LogP contribution >= 0.6 is 0 Å². The lowest BCUT2D eigenvalue weighted by atomic mass is 10.1. The number of benzene rings is 1. The van der Waals surface area contributed by atoms with Crippen molar-refractivity contribution in [3.63, 3.8) is 0 Å². The predicted octanol–water partition coefficient (Wildman–Crippen LogP) is 2.00. The van der Waals surface area contributed by atoms with Crippen LogP contribution < -0.4 is 10.6 Å². The van der Waals surface area contributed by atoms with Crippen molar-refractivity contribution in [1.82, 2.24) is 10.6 Å². The zero-order valence-corrected chi connectivity index (χ0v) is 10.9. The molecule has 0 saturated carbocycles. The summed E-state index contributed by atoms with van der Waals surface area (Å²) in [7, 11) is 0. The molecule has 1 rings (SSSR count). The molecule has 1 amide bonds. The van der Waals surface area contributed by atoms with Crippen molar-refractivity contribution >= 4 is 5.91 Å². The molecule has 94 valence electrons. The normalized spacial score (nSPS) is 12.2. The molecule has 1 unspecified atom stereocenters. The number of aryl methyl sites for hydroxylation is 1. The average molecular weight is 234 g/mol. The van der Waals surface area contributed by atoms with Crippen LogP contribution in [0.3, 0.4) is 0 Å². The molecule has 0 fully saturated rings. The number of amides is 1. The van der Waals surface area contributed by atoms with E-state index in [-0.39, 0.29) is 11.9 Å². The van der Waals surface area contributed by atoms with E-state index in [1.165, 1.54) is 11.1 Å². The van der Waals surface area contributed by atoms with Crippen molar-refractivity contribution in [1.29, 1.82) is 0 Å². The Hall–Kier alpha value is -1.35. The first-order valence-corrected chi connectivity index (χ1v) is 6.18. The van der Waals surface area contributed by atoms with E-state index < -0.39 is 0 Å². The van der Waals surface area contributed by atoms with Gasteiger partial charge >= 0.3 is 0 Å². The summed E-state index contributed by atoms with van der Waals surface area (Å²) in [5.74, 6) is 0.0988. The van der Waals surface area contributed by atoms with Crippen LogP contribution in [0.5, 0.6) is 0 Å². The molecule has 3 heteroatoms. The minimum atomic E-state index is 0.0988. The molecule has 0 aliphatic carbocycles. The first-order valence-electron chi connectivity index (χ1n) is 6.18. The van der Waals surface area contributed by atoms with Gasteiger partial charge in [0.25, 0.3) is 0 Å². The predicted molar refractivity (Wildman–Crippen MR) is 70.8 cm³/mol. The van der Waals surface area contributed by atoms with Crippen LogP contribution in [0.4, 0.5) is 0 Å². The minimum absolute atomic E-state index is 0.0988. The van der Waals surface area contributed by atoms with Crippen molar-refractivity contribution in [2.75, 3.05) is 6.54 Å². The van der Waals surface area contributed by atoms with Gasteiger partial charge in [-0.25, -0.2) is 0 Å². The van der Waals surface area contributed by atoms with Gasteiger partial charge in [0, 0.05) is 19.0 Å². The highest BCUT2D eigenvalue weighted by Crippen LogP contribution is 2.06. The van der Waals surface area contributed by atoms with E-state index >= 15 is 0 Å². The van der Waals surface area contributed by atoms with Crippen LogP contribution in [0.1, 0.15) is 31.4 Å². The summed E-state index contributed by atoms with van der Waals surface area (Å²) in [4.78, 5) is 11.7. The minimum Gasteiger partial charge on any atom is -0.352 e. The molecule has 0 radical (unpaired) electrons. The van der Waals surface area contributed by atoms with Gasteiger partial charge < -0.3 is 10.6 Å². The van der Waals surface area contributed by atoms with Crippen molar-refractivity contribution < 1.29 is 4.79 Å². The summed E-state index contributed by atoms with van der Waals surface area (Å²) in [6.45, 7) is 7.64. The molecule has 0 heterocycles. The van der Waals surface area contributed by atoms with Gasteiger partial charge in [0.2, 0.25) is 5.91 Å². The Balaban J connectivity index is 2.36. The van der Waals surface area contributed by atoms with E-state index in [9.17, 15) is 4.79 Å². The Labute approximate surface area is 104 Å². The fraction of sp³-hybridized carbons (Fsp3) is 0.500. The Bertz CT molecular complexity index is 363. The summed E-state index contributed by atoms with van der Waals surface area (Å²) in [6, 6.07) is 8.34. The Morgan fingerprint density at radius 1 is 1.35 bits per heavy atom. The van der Waals surface area contributed by atoms with Gasteiger partial charge in [-0.3, -0.25) is 4.79 Å². The number of hydrogen-bond acceptors (Lipinski definition) is 2. The van der Waals surface area contributed by atoms with Crippen molar-refractivity contribution in [2.24, 2.45) is 0 Å². The first-order chi connectivity index (χ1) is 8.13. The Morgan fingerprint density at radius 2 is 2.06 bits per heavy atom. The second kappa shape index (κ2) is 7.07. The van der Waals surface area contributed by atoms with Gasteiger partial charge in [0.1, 0.15) is 0 Å². The monoisotopic (exact) mass is 234 g/mol. The van der Waals surface area contributed by atoms with E-state index in [2.05, 4.69) is 23.6 Å². The molecule has 0 aromatic heterocycles. The second-order valence-corrected chi connectivity index (χ2v) is 4.37. The third kappa shape index (κ3) is 5.00. The average Bonchev–Trinajstić information content (AvgIpc) is 2.28. The highest BCUT2D eigenvalue weighted by Gasteiger charge is 2.07. The quantitative estimate of drug-likeness (QED) is 0.790. The van der Waals surface area contributed by atoms with Crippen molar-refractivity contribution in [3.8, 4) is 0 Å². The third-order valence-electron chi connectivity index (χ3n) is 2.78. The smallest absolute Gasteiger partial charge is 0.221 e. The van der Waals surface area contributed by atoms with Crippen molar-refractivity contribution in [2.45, 2.75) is 39.8 Å². The maximum absolute atomic E-state index is 11.7. The largest absolute Gasteiger partial charge is 0.352 e. The molecule has 2 N–H and O–H groups in total. The molecule has 0 aliphatic rings. The summed E-state index contributed by atoms with van der Waals surface area (Å²) >= 11 is 0. The van der Waals surface area contributed by atoms with Gasteiger partial charge in [0.05, 0.1) is 0 Å².